The highest BCUT2D eigenvalue weighted by molar-refractivity contribution is 7.85. The second-order valence-corrected chi connectivity index (χ2v) is 4.70. The molecule has 0 saturated heterocycles. The molecule has 1 aromatic rings. The van der Waals surface area contributed by atoms with Crippen molar-refractivity contribution < 1.29 is 8.95 Å². The third-order valence-electron chi connectivity index (χ3n) is 1.69. The molecule has 1 atom stereocenters. The maximum absolute atomic E-state index is 11.7. The third kappa shape index (κ3) is 2.97. The normalized spacial score (nSPS) is 12.7. The number of hydrogen-bond donors (Lipinski definition) is 1. The second-order valence-electron chi connectivity index (χ2n) is 2.72. The van der Waals surface area contributed by atoms with Gasteiger partial charge in [-0.3, -0.25) is 4.21 Å². The van der Waals surface area contributed by atoms with Gasteiger partial charge in [-0.2, -0.15) is 0 Å². The Morgan fingerprint density at radius 1 is 1.57 bits per heavy atom. The van der Waals surface area contributed by atoms with Crippen LogP contribution in [0, 0.1) is 0 Å². The van der Waals surface area contributed by atoms with Crippen molar-refractivity contribution in [3.63, 3.8) is 0 Å². The SMILES string of the molecule is COCCS(=O)c1cc(Cl)ccc1N. The molecule has 78 valence electrons. The van der Waals surface area contributed by atoms with E-state index in [0.717, 1.165) is 0 Å². The summed E-state index contributed by atoms with van der Waals surface area (Å²) in [6.07, 6.45) is 0. The standard InChI is InChI=1S/C9H12ClNO2S/c1-13-4-5-14(12)9-6-7(10)2-3-8(9)11/h2-3,6H,4-5,11H2,1H3. The van der Waals surface area contributed by atoms with Gasteiger partial charge in [0.2, 0.25) is 0 Å². The molecule has 3 nitrogen and oxygen atoms in total. The monoisotopic (exact) mass is 233 g/mol. The maximum Gasteiger partial charge on any atom is 0.0633 e. The lowest BCUT2D eigenvalue weighted by Crippen LogP contribution is -2.06. The van der Waals surface area contributed by atoms with Crippen molar-refractivity contribution in [1.29, 1.82) is 0 Å². The summed E-state index contributed by atoms with van der Waals surface area (Å²) in [5, 5.41) is 0.542. The average Bonchev–Trinajstić information content (AvgIpc) is 2.18. The topological polar surface area (TPSA) is 52.3 Å². The lowest BCUT2D eigenvalue weighted by Gasteiger charge is -2.05. The Balaban J connectivity index is 2.83. The van der Waals surface area contributed by atoms with Gasteiger partial charge in [0.15, 0.2) is 0 Å². The Kier molecular flexibility index (Phi) is 4.38. The predicted octanol–water partition coefficient (Wildman–Crippen LogP) is 1.68. The van der Waals surface area contributed by atoms with Crippen LogP contribution in [0.5, 0.6) is 0 Å². The van der Waals surface area contributed by atoms with E-state index >= 15 is 0 Å². The molecular weight excluding hydrogens is 222 g/mol. The Hall–Kier alpha value is -0.580. The first-order valence-electron chi connectivity index (χ1n) is 4.07. The Morgan fingerprint density at radius 2 is 2.29 bits per heavy atom. The first-order valence-corrected chi connectivity index (χ1v) is 5.77. The van der Waals surface area contributed by atoms with Gasteiger partial charge in [0.25, 0.3) is 0 Å². The van der Waals surface area contributed by atoms with Gasteiger partial charge >= 0.3 is 0 Å². The number of halogens is 1. The minimum Gasteiger partial charge on any atom is -0.398 e. The number of benzene rings is 1. The molecule has 1 rings (SSSR count). The van der Waals surface area contributed by atoms with Crippen molar-refractivity contribution in [2.75, 3.05) is 25.2 Å². The lowest BCUT2D eigenvalue weighted by molar-refractivity contribution is 0.218. The fourth-order valence-electron chi connectivity index (χ4n) is 0.974. The van der Waals surface area contributed by atoms with Gasteiger partial charge in [-0.05, 0) is 18.2 Å². The van der Waals surface area contributed by atoms with Gasteiger partial charge in [-0.25, -0.2) is 0 Å². The van der Waals surface area contributed by atoms with E-state index in [1.165, 1.54) is 0 Å². The molecule has 5 heteroatoms. The van der Waals surface area contributed by atoms with E-state index in [9.17, 15) is 4.21 Å². The van der Waals surface area contributed by atoms with Crippen molar-refractivity contribution in [2.24, 2.45) is 0 Å². The molecule has 0 spiro atoms. The Labute approximate surface area is 90.7 Å². The number of hydrogen-bond acceptors (Lipinski definition) is 3. The molecular formula is C9H12ClNO2S. The summed E-state index contributed by atoms with van der Waals surface area (Å²) >= 11 is 5.77. The molecule has 0 radical (unpaired) electrons. The first-order chi connectivity index (χ1) is 6.65. The lowest BCUT2D eigenvalue weighted by atomic mass is 10.3. The van der Waals surface area contributed by atoms with Crippen molar-refractivity contribution >= 4 is 28.1 Å². The van der Waals surface area contributed by atoms with Crippen molar-refractivity contribution in [2.45, 2.75) is 4.90 Å². The van der Waals surface area contributed by atoms with E-state index in [1.54, 1.807) is 25.3 Å². The quantitative estimate of drug-likeness (QED) is 0.805. The van der Waals surface area contributed by atoms with Crippen LogP contribution in [0.25, 0.3) is 0 Å². The van der Waals surface area contributed by atoms with Gasteiger partial charge < -0.3 is 10.5 Å². The van der Waals surface area contributed by atoms with Crippen LogP contribution in [0.3, 0.4) is 0 Å². The highest BCUT2D eigenvalue weighted by Gasteiger charge is 2.08. The van der Waals surface area contributed by atoms with Crippen LogP contribution in [0.4, 0.5) is 5.69 Å². The smallest absolute Gasteiger partial charge is 0.0633 e. The number of anilines is 1. The predicted molar refractivity (Wildman–Crippen MR) is 59.0 cm³/mol. The van der Waals surface area contributed by atoms with Gasteiger partial charge in [0.05, 0.1) is 28.1 Å². The maximum atomic E-state index is 11.7. The summed E-state index contributed by atoms with van der Waals surface area (Å²) in [6, 6.07) is 4.96. The number of nitrogens with two attached hydrogens (primary N) is 1. The molecule has 0 aromatic heterocycles. The van der Waals surface area contributed by atoms with Crippen LogP contribution in [0.15, 0.2) is 23.1 Å². The van der Waals surface area contributed by atoms with Crippen LogP contribution in [0.2, 0.25) is 5.02 Å². The summed E-state index contributed by atoms with van der Waals surface area (Å²) in [5.74, 6) is 0.432. The van der Waals surface area contributed by atoms with E-state index in [1.807, 2.05) is 0 Å². The van der Waals surface area contributed by atoms with Crippen LogP contribution >= 0.6 is 11.6 Å². The van der Waals surface area contributed by atoms with E-state index in [2.05, 4.69) is 0 Å². The average molecular weight is 234 g/mol. The summed E-state index contributed by atoms with van der Waals surface area (Å²) in [6.45, 7) is 0.443. The Bertz CT molecular complexity index is 344. The summed E-state index contributed by atoms with van der Waals surface area (Å²) < 4.78 is 16.5. The van der Waals surface area contributed by atoms with Crippen LogP contribution in [-0.2, 0) is 15.5 Å². The molecule has 2 N–H and O–H groups in total. The zero-order valence-electron chi connectivity index (χ0n) is 7.83. The van der Waals surface area contributed by atoms with Crippen LogP contribution < -0.4 is 5.73 Å². The van der Waals surface area contributed by atoms with E-state index in [4.69, 9.17) is 22.1 Å². The molecule has 0 saturated carbocycles. The number of rotatable bonds is 4. The molecule has 14 heavy (non-hydrogen) atoms. The minimum atomic E-state index is -1.14. The molecule has 0 amide bonds. The number of ether oxygens (including phenoxy) is 1. The summed E-state index contributed by atoms with van der Waals surface area (Å²) in [7, 11) is 0.428. The number of nitrogen functional groups attached to an aromatic ring is 1. The van der Waals surface area contributed by atoms with Crippen molar-refractivity contribution in [1.82, 2.24) is 0 Å². The zero-order chi connectivity index (χ0) is 10.6. The van der Waals surface area contributed by atoms with Gasteiger partial charge in [0.1, 0.15) is 0 Å². The second kappa shape index (κ2) is 5.34. The molecule has 0 fully saturated rings. The van der Waals surface area contributed by atoms with Crippen molar-refractivity contribution in [3.8, 4) is 0 Å². The molecule has 0 bridgehead atoms. The zero-order valence-corrected chi connectivity index (χ0v) is 9.40. The van der Waals surface area contributed by atoms with Gasteiger partial charge in [-0.1, -0.05) is 11.6 Å². The molecule has 0 aliphatic rings. The van der Waals surface area contributed by atoms with E-state index in [0.29, 0.717) is 28.0 Å². The summed E-state index contributed by atoms with van der Waals surface area (Å²) in [5.41, 5.74) is 6.17. The Morgan fingerprint density at radius 3 is 2.93 bits per heavy atom. The molecule has 0 aliphatic carbocycles. The fraction of sp³-hybridized carbons (Fsp3) is 0.333. The first kappa shape index (κ1) is 11.5. The largest absolute Gasteiger partial charge is 0.398 e. The minimum absolute atomic E-state index is 0.432. The van der Waals surface area contributed by atoms with E-state index < -0.39 is 10.8 Å². The molecule has 0 heterocycles. The summed E-state index contributed by atoms with van der Waals surface area (Å²) in [4.78, 5) is 0.578. The molecule has 1 aromatic carbocycles. The van der Waals surface area contributed by atoms with Crippen molar-refractivity contribution in [3.05, 3.63) is 23.2 Å². The highest BCUT2D eigenvalue weighted by atomic mass is 35.5. The number of methoxy groups -OCH3 is 1. The molecule has 1 unspecified atom stereocenters. The van der Waals surface area contributed by atoms with Crippen LogP contribution in [0.1, 0.15) is 0 Å². The highest BCUT2D eigenvalue weighted by Crippen LogP contribution is 2.21. The van der Waals surface area contributed by atoms with Gasteiger partial charge in [-0.15, -0.1) is 0 Å². The molecule has 0 aliphatic heterocycles. The van der Waals surface area contributed by atoms with Gasteiger partial charge in [0, 0.05) is 17.8 Å². The van der Waals surface area contributed by atoms with Crippen LogP contribution in [-0.4, -0.2) is 23.7 Å². The fourth-order valence-corrected chi connectivity index (χ4v) is 2.34. The third-order valence-corrected chi connectivity index (χ3v) is 3.31. The van der Waals surface area contributed by atoms with E-state index in [-0.39, 0.29) is 0 Å².